The van der Waals surface area contributed by atoms with Gasteiger partial charge in [-0.2, -0.15) is 8.42 Å². The van der Waals surface area contributed by atoms with Crippen molar-refractivity contribution >= 4 is 39.1 Å². The molecule has 0 aromatic heterocycles. The lowest BCUT2D eigenvalue weighted by Crippen LogP contribution is -2.27. The van der Waals surface area contributed by atoms with Crippen LogP contribution in [0.5, 0.6) is 0 Å². The summed E-state index contributed by atoms with van der Waals surface area (Å²) in [6.45, 7) is -0.418. The maximum Gasteiger partial charge on any atom is 0.307 e. The maximum atomic E-state index is 12.9. The molecular formula is C10H8ClFN2O5S. The van der Waals surface area contributed by atoms with Crippen LogP contribution < -0.4 is 4.90 Å². The predicted octanol–water partition coefficient (Wildman–Crippen LogP) is 1.65. The summed E-state index contributed by atoms with van der Waals surface area (Å²) in [5.74, 6) is -0.654. The average Bonchev–Trinajstić information content (AvgIpc) is 2.71. The molecule has 108 valence electrons. The molecule has 1 heterocycles. The first-order chi connectivity index (χ1) is 9.20. The van der Waals surface area contributed by atoms with Crippen molar-refractivity contribution in [2.24, 2.45) is 0 Å². The molecule has 7 nitrogen and oxygen atoms in total. The van der Waals surface area contributed by atoms with Gasteiger partial charge in [-0.05, 0) is 6.07 Å². The minimum Gasteiger partial charge on any atom is -0.309 e. The van der Waals surface area contributed by atoms with Crippen molar-refractivity contribution in [2.75, 3.05) is 11.4 Å². The van der Waals surface area contributed by atoms with E-state index in [1.807, 2.05) is 0 Å². The van der Waals surface area contributed by atoms with Gasteiger partial charge in [0.1, 0.15) is 5.25 Å². The van der Waals surface area contributed by atoms with Crippen LogP contribution in [0.25, 0.3) is 0 Å². The lowest BCUT2D eigenvalue weighted by molar-refractivity contribution is -0.384. The molecule has 10 heteroatoms. The van der Waals surface area contributed by atoms with Crippen molar-refractivity contribution in [1.82, 2.24) is 0 Å². The molecule has 1 aromatic carbocycles. The van der Waals surface area contributed by atoms with E-state index in [2.05, 4.69) is 0 Å². The Balaban J connectivity index is 2.40. The second kappa shape index (κ2) is 4.98. The first-order valence-corrected chi connectivity index (χ1v) is 7.20. The number of hydrogen-bond donors (Lipinski definition) is 0. The Bertz CT molecular complexity index is 693. The zero-order valence-electron chi connectivity index (χ0n) is 9.82. The number of amides is 1. The molecule has 0 aliphatic carbocycles. The summed E-state index contributed by atoms with van der Waals surface area (Å²) in [5, 5.41) is 9.25. The minimum atomic E-state index is -4.86. The van der Waals surface area contributed by atoms with Crippen LogP contribution >= 0.6 is 11.6 Å². The first-order valence-electron chi connectivity index (χ1n) is 5.38. The second-order valence-corrected chi connectivity index (χ2v) is 6.22. The van der Waals surface area contributed by atoms with Crippen molar-refractivity contribution in [2.45, 2.75) is 11.7 Å². The highest BCUT2D eigenvalue weighted by atomic mass is 35.5. The highest BCUT2D eigenvalue weighted by Crippen LogP contribution is 2.34. The van der Waals surface area contributed by atoms with Crippen LogP contribution in [-0.2, 0) is 15.0 Å². The number of nitro groups is 1. The Hall–Kier alpha value is -1.74. The molecule has 1 atom stereocenters. The fourth-order valence-electron chi connectivity index (χ4n) is 1.92. The number of halogens is 2. The lowest BCUT2D eigenvalue weighted by Gasteiger charge is -2.17. The van der Waals surface area contributed by atoms with Gasteiger partial charge >= 0.3 is 10.2 Å². The van der Waals surface area contributed by atoms with E-state index in [9.17, 15) is 27.2 Å². The molecular weight excluding hydrogens is 315 g/mol. The monoisotopic (exact) mass is 322 g/mol. The predicted molar refractivity (Wildman–Crippen MR) is 68.9 cm³/mol. The molecule has 0 saturated carbocycles. The van der Waals surface area contributed by atoms with Gasteiger partial charge in [-0.25, -0.2) is 0 Å². The normalized spacial score (nSPS) is 19.4. The van der Waals surface area contributed by atoms with Crippen LogP contribution in [0.15, 0.2) is 18.2 Å². The van der Waals surface area contributed by atoms with Gasteiger partial charge in [0.15, 0.2) is 0 Å². The van der Waals surface area contributed by atoms with E-state index < -0.39 is 39.3 Å². The van der Waals surface area contributed by atoms with Crippen LogP contribution in [0.4, 0.5) is 15.3 Å². The molecule has 0 N–H and O–H groups in total. The molecule has 1 fully saturated rings. The summed E-state index contributed by atoms with van der Waals surface area (Å²) in [4.78, 5) is 22.7. The van der Waals surface area contributed by atoms with Crippen LogP contribution in [-0.4, -0.2) is 31.0 Å². The molecule has 1 amide bonds. The van der Waals surface area contributed by atoms with Crippen molar-refractivity contribution in [3.63, 3.8) is 0 Å². The molecule has 1 aliphatic rings. The molecule has 1 aromatic rings. The largest absolute Gasteiger partial charge is 0.309 e. The molecule has 1 unspecified atom stereocenters. The number of nitrogens with zero attached hydrogens (tertiary/aromatic N) is 2. The second-order valence-electron chi connectivity index (χ2n) is 4.20. The van der Waals surface area contributed by atoms with Gasteiger partial charge in [-0.3, -0.25) is 14.9 Å². The molecule has 1 saturated heterocycles. The van der Waals surface area contributed by atoms with E-state index in [1.165, 1.54) is 6.07 Å². The number of benzene rings is 1. The number of nitro benzene ring substituents is 1. The molecule has 0 radical (unpaired) electrons. The van der Waals surface area contributed by atoms with Gasteiger partial charge in [0.25, 0.3) is 5.69 Å². The fourth-order valence-corrected chi connectivity index (χ4v) is 2.81. The summed E-state index contributed by atoms with van der Waals surface area (Å²) in [7, 11) is -4.86. The summed E-state index contributed by atoms with van der Waals surface area (Å²) >= 11 is 5.85. The zero-order valence-corrected chi connectivity index (χ0v) is 11.4. The average molecular weight is 323 g/mol. The van der Waals surface area contributed by atoms with E-state index in [0.29, 0.717) is 0 Å². The third-order valence-electron chi connectivity index (χ3n) is 2.92. The Kier molecular flexibility index (Phi) is 3.65. The van der Waals surface area contributed by atoms with E-state index >= 15 is 0 Å². The smallest absolute Gasteiger partial charge is 0.307 e. The summed E-state index contributed by atoms with van der Waals surface area (Å²) in [6.07, 6.45) is -0.516. The highest BCUT2D eigenvalue weighted by molar-refractivity contribution is 7.87. The zero-order chi connectivity index (χ0) is 15.1. The summed E-state index contributed by atoms with van der Waals surface area (Å²) in [5.41, 5.74) is -0.305. The lowest BCUT2D eigenvalue weighted by atomic mass is 10.2. The number of carbonyl (C=O) groups is 1. The van der Waals surface area contributed by atoms with Gasteiger partial charge in [-0.15, -0.1) is 3.89 Å². The van der Waals surface area contributed by atoms with E-state index in [4.69, 9.17) is 11.6 Å². The molecule has 0 spiro atoms. The molecule has 20 heavy (non-hydrogen) atoms. The number of hydrogen-bond acceptors (Lipinski definition) is 5. The van der Waals surface area contributed by atoms with Gasteiger partial charge < -0.3 is 4.90 Å². The molecule has 0 bridgehead atoms. The van der Waals surface area contributed by atoms with Crippen LogP contribution in [0, 0.1) is 10.1 Å². The minimum absolute atomic E-state index is 0.00276. The van der Waals surface area contributed by atoms with Crippen LogP contribution in [0.3, 0.4) is 0 Å². The Morgan fingerprint density at radius 1 is 1.45 bits per heavy atom. The number of non-ortho nitro benzene ring substituents is 1. The van der Waals surface area contributed by atoms with E-state index in [1.54, 1.807) is 0 Å². The van der Waals surface area contributed by atoms with Crippen molar-refractivity contribution in [1.29, 1.82) is 0 Å². The van der Waals surface area contributed by atoms with Gasteiger partial charge in [0, 0.05) is 25.1 Å². The third-order valence-corrected chi connectivity index (χ3v) is 4.35. The molecule has 2 rings (SSSR count). The first kappa shape index (κ1) is 14.7. The van der Waals surface area contributed by atoms with Crippen molar-refractivity contribution < 1.29 is 22.0 Å². The van der Waals surface area contributed by atoms with E-state index in [0.717, 1.165) is 17.0 Å². The fraction of sp³-hybridized carbons (Fsp3) is 0.300. The Labute approximate surface area is 118 Å². The summed E-state index contributed by atoms with van der Waals surface area (Å²) in [6, 6.07) is 3.42. The topological polar surface area (TPSA) is 97.6 Å². The third kappa shape index (κ3) is 2.73. The van der Waals surface area contributed by atoms with Crippen LogP contribution in [0.2, 0.25) is 5.02 Å². The molecule has 1 aliphatic heterocycles. The maximum absolute atomic E-state index is 12.9. The number of rotatable bonds is 3. The number of carbonyl (C=O) groups excluding carboxylic acids is 1. The highest BCUT2D eigenvalue weighted by Gasteiger charge is 2.40. The Morgan fingerprint density at radius 3 is 2.60 bits per heavy atom. The van der Waals surface area contributed by atoms with Crippen molar-refractivity contribution in [3.05, 3.63) is 33.3 Å². The van der Waals surface area contributed by atoms with Crippen molar-refractivity contribution in [3.8, 4) is 0 Å². The summed E-state index contributed by atoms with van der Waals surface area (Å²) < 4.78 is 34.6. The standard InChI is InChI=1S/C10H8ClFN2O5S/c11-8-2-1-6(14(16)17)3-9(8)13-5-7(4-10(13)15)20(12,18)19/h1-3,7H,4-5H2. The van der Waals surface area contributed by atoms with Gasteiger partial charge in [0.2, 0.25) is 5.91 Å². The number of anilines is 1. The van der Waals surface area contributed by atoms with Gasteiger partial charge in [0.05, 0.1) is 15.6 Å². The van der Waals surface area contributed by atoms with Gasteiger partial charge in [-0.1, -0.05) is 11.6 Å². The van der Waals surface area contributed by atoms with Crippen LogP contribution in [0.1, 0.15) is 6.42 Å². The quantitative estimate of drug-likeness (QED) is 0.479. The SMILES string of the molecule is O=C1CC(S(=O)(=O)F)CN1c1cc([N+](=O)[O-])ccc1Cl. The van der Waals surface area contributed by atoms with E-state index in [-0.39, 0.29) is 16.4 Å². The Morgan fingerprint density at radius 2 is 2.10 bits per heavy atom.